The van der Waals surface area contributed by atoms with Crippen molar-refractivity contribution in [3.63, 3.8) is 0 Å². The van der Waals surface area contributed by atoms with E-state index in [1.807, 2.05) is 6.92 Å². The summed E-state index contributed by atoms with van der Waals surface area (Å²) in [5, 5.41) is -0.533. The van der Waals surface area contributed by atoms with Crippen LogP contribution in [0.5, 0.6) is 0 Å². The van der Waals surface area contributed by atoms with Crippen molar-refractivity contribution in [3.05, 3.63) is 0 Å². The molecule has 15 heavy (non-hydrogen) atoms. The van der Waals surface area contributed by atoms with Crippen molar-refractivity contribution >= 4 is 10.1 Å². The molecule has 0 aromatic heterocycles. The Kier molecular flexibility index (Phi) is 8.06. The highest BCUT2D eigenvalue weighted by molar-refractivity contribution is 7.86. The summed E-state index contributed by atoms with van der Waals surface area (Å²) in [6.07, 6.45) is 7.31. The summed E-state index contributed by atoms with van der Waals surface area (Å²) in [6, 6.07) is 0. The molecule has 0 bridgehead atoms. The minimum absolute atomic E-state index is 0.533. The number of rotatable bonds is 9. The molecule has 1 atom stereocenters. The van der Waals surface area contributed by atoms with Gasteiger partial charge in [0.05, 0.1) is 5.25 Å². The van der Waals surface area contributed by atoms with Crippen LogP contribution in [0.1, 0.15) is 65.2 Å². The molecule has 0 aliphatic rings. The molecule has 92 valence electrons. The van der Waals surface area contributed by atoms with Gasteiger partial charge in [0.1, 0.15) is 0 Å². The second-order valence-electron chi connectivity index (χ2n) is 4.13. The standard InChI is InChI=1S/C11H24O3S/c1-3-5-7-8-10-11(9-6-4-2)15(12,13)14/h11H,3-10H2,1-2H3,(H,12,13,14). The lowest BCUT2D eigenvalue weighted by molar-refractivity contribution is 0.446. The van der Waals surface area contributed by atoms with Gasteiger partial charge in [-0.1, -0.05) is 52.4 Å². The van der Waals surface area contributed by atoms with Crippen molar-refractivity contribution < 1.29 is 13.0 Å². The average molecular weight is 236 g/mol. The predicted molar refractivity (Wildman–Crippen MR) is 63.6 cm³/mol. The Bertz CT molecular complexity index is 234. The maximum absolute atomic E-state index is 11.1. The van der Waals surface area contributed by atoms with Crippen LogP contribution in [0.4, 0.5) is 0 Å². The van der Waals surface area contributed by atoms with E-state index < -0.39 is 15.4 Å². The predicted octanol–water partition coefficient (Wildman–Crippen LogP) is 3.40. The summed E-state index contributed by atoms with van der Waals surface area (Å²) < 4.78 is 31.1. The number of hydrogen-bond donors (Lipinski definition) is 1. The molecule has 0 aromatic carbocycles. The fourth-order valence-electron chi connectivity index (χ4n) is 1.67. The van der Waals surface area contributed by atoms with Crippen LogP contribution in [-0.2, 0) is 10.1 Å². The summed E-state index contributed by atoms with van der Waals surface area (Å²) in [4.78, 5) is 0. The van der Waals surface area contributed by atoms with Gasteiger partial charge in [0.15, 0.2) is 0 Å². The lowest BCUT2D eigenvalue weighted by atomic mass is 10.1. The van der Waals surface area contributed by atoms with Crippen LogP contribution >= 0.6 is 0 Å². The van der Waals surface area contributed by atoms with Gasteiger partial charge in [-0.05, 0) is 12.8 Å². The van der Waals surface area contributed by atoms with Gasteiger partial charge in [-0.3, -0.25) is 4.55 Å². The third-order valence-electron chi connectivity index (χ3n) is 2.68. The molecular formula is C11H24O3S. The molecule has 3 nitrogen and oxygen atoms in total. The van der Waals surface area contributed by atoms with E-state index in [1.54, 1.807) is 0 Å². The van der Waals surface area contributed by atoms with Crippen LogP contribution in [-0.4, -0.2) is 18.2 Å². The average Bonchev–Trinajstić information content (AvgIpc) is 2.15. The first-order valence-electron chi connectivity index (χ1n) is 5.98. The molecular weight excluding hydrogens is 212 g/mol. The van der Waals surface area contributed by atoms with Crippen molar-refractivity contribution in [1.29, 1.82) is 0 Å². The van der Waals surface area contributed by atoms with E-state index in [9.17, 15) is 8.42 Å². The van der Waals surface area contributed by atoms with Crippen molar-refractivity contribution in [2.24, 2.45) is 0 Å². The largest absolute Gasteiger partial charge is 0.285 e. The molecule has 0 heterocycles. The van der Waals surface area contributed by atoms with Crippen LogP contribution in [0.25, 0.3) is 0 Å². The Morgan fingerprint density at radius 1 is 0.933 bits per heavy atom. The van der Waals surface area contributed by atoms with Crippen LogP contribution < -0.4 is 0 Å². The lowest BCUT2D eigenvalue weighted by Gasteiger charge is -2.12. The third kappa shape index (κ3) is 7.79. The van der Waals surface area contributed by atoms with Gasteiger partial charge in [0.2, 0.25) is 0 Å². The van der Waals surface area contributed by atoms with Gasteiger partial charge in [0.25, 0.3) is 10.1 Å². The number of unbranched alkanes of at least 4 members (excludes halogenated alkanes) is 4. The molecule has 1 unspecified atom stereocenters. The second-order valence-corrected chi connectivity index (χ2v) is 5.83. The van der Waals surface area contributed by atoms with E-state index >= 15 is 0 Å². The van der Waals surface area contributed by atoms with Gasteiger partial charge < -0.3 is 0 Å². The van der Waals surface area contributed by atoms with Crippen molar-refractivity contribution in [3.8, 4) is 0 Å². The molecule has 0 rings (SSSR count). The first-order chi connectivity index (χ1) is 7.02. The Balaban J connectivity index is 3.92. The quantitative estimate of drug-likeness (QED) is 0.493. The fourth-order valence-corrected chi connectivity index (χ4v) is 2.60. The first-order valence-corrected chi connectivity index (χ1v) is 7.49. The molecule has 0 aromatic rings. The smallest absolute Gasteiger partial charge is 0.267 e. The molecule has 4 heteroatoms. The van der Waals surface area contributed by atoms with E-state index in [-0.39, 0.29) is 0 Å². The van der Waals surface area contributed by atoms with Crippen LogP contribution in [0.2, 0.25) is 0 Å². The van der Waals surface area contributed by atoms with Crippen molar-refractivity contribution in [2.75, 3.05) is 0 Å². The number of hydrogen-bond acceptors (Lipinski definition) is 2. The maximum atomic E-state index is 11.1. The summed E-state index contributed by atoms with van der Waals surface area (Å²) in [7, 11) is -3.82. The van der Waals surface area contributed by atoms with E-state index in [2.05, 4.69) is 6.92 Å². The van der Waals surface area contributed by atoms with Gasteiger partial charge in [-0.2, -0.15) is 8.42 Å². The van der Waals surface area contributed by atoms with E-state index in [1.165, 1.54) is 0 Å². The molecule has 0 radical (unpaired) electrons. The molecule has 0 aliphatic carbocycles. The Labute approximate surface area is 94.0 Å². The zero-order chi connectivity index (χ0) is 11.7. The van der Waals surface area contributed by atoms with Gasteiger partial charge in [-0.25, -0.2) is 0 Å². The van der Waals surface area contributed by atoms with E-state index in [0.717, 1.165) is 38.5 Å². The lowest BCUT2D eigenvalue weighted by Crippen LogP contribution is -2.20. The first kappa shape index (κ1) is 14.9. The topological polar surface area (TPSA) is 54.4 Å². The maximum Gasteiger partial charge on any atom is 0.267 e. The minimum Gasteiger partial charge on any atom is -0.285 e. The van der Waals surface area contributed by atoms with Gasteiger partial charge in [-0.15, -0.1) is 0 Å². The normalized spacial score (nSPS) is 14.1. The third-order valence-corrected chi connectivity index (χ3v) is 3.99. The minimum atomic E-state index is -3.82. The zero-order valence-corrected chi connectivity index (χ0v) is 10.7. The fraction of sp³-hybridized carbons (Fsp3) is 1.00. The zero-order valence-electron chi connectivity index (χ0n) is 9.91. The van der Waals surface area contributed by atoms with Crippen molar-refractivity contribution in [2.45, 2.75) is 70.5 Å². The van der Waals surface area contributed by atoms with E-state index in [0.29, 0.717) is 12.8 Å². The Morgan fingerprint density at radius 2 is 1.47 bits per heavy atom. The monoisotopic (exact) mass is 236 g/mol. The molecule has 0 saturated carbocycles. The summed E-state index contributed by atoms with van der Waals surface area (Å²) in [6.45, 7) is 4.15. The van der Waals surface area contributed by atoms with Gasteiger partial charge >= 0.3 is 0 Å². The molecule has 0 saturated heterocycles. The molecule has 0 spiro atoms. The van der Waals surface area contributed by atoms with E-state index in [4.69, 9.17) is 4.55 Å². The Hall–Kier alpha value is -0.0900. The highest BCUT2D eigenvalue weighted by Crippen LogP contribution is 2.17. The molecule has 0 aliphatic heterocycles. The summed E-state index contributed by atoms with van der Waals surface area (Å²) in [5.41, 5.74) is 0. The molecule has 0 fully saturated rings. The van der Waals surface area contributed by atoms with Gasteiger partial charge in [0, 0.05) is 0 Å². The highest BCUT2D eigenvalue weighted by Gasteiger charge is 2.21. The van der Waals surface area contributed by atoms with Crippen LogP contribution in [0, 0.1) is 0 Å². The van der Waals surface area contributed by atoms with Crippen LogP contribution in [0.15, 0.2) is 0 Å². The van der Waals surface area contributed by atoms with Crippen molar-refractivity contribution in [1.82, 2.24) is 0 Å². The summed E-state index contributed by atoms with van der Waals surface area (Å²) in [5.74, 6) is 0. The summed E-state index contributed by atoms with van der Waals surface area (Å²) >= 11 is 0. The SMILES string of the molecule is CCCCCCC(CCCC)S(=O)(=O)O. The molecule has 0 amide bonds. The second kappa shape index (κ2) is 8.11. The highest BCUT2D eigenvalue weighted by atomic mass is 32.2. The van der Waals surface area contributed by atoms with Crippen LogP contribution in [0.3, 0.4) is 0 Å². The molecule has 1 N–H and O–H groups in total. The Morgan fingerprint density at radius 3 is 1.93 bits per heavy atom.